The van der Waals surface area contributed by atoms with Gasteiger partial charge in [0.05, 0.1) is 5.57 Å². The number of esters is 1. The molecule has 1 amide bonds. The van der Waals surface area contributed by atoms with Crippen LogP contribution in [0.2, 0.25) is 0 Å². The fourth-order valence-electron chi connectivity index (χ4n) is 2.95. The van der Waals surface area contributed by atoms with E-state index < -0.39 is 11.9 Å². The predicted molar refractivity (Wildman–Crippen MR) is 124 cm³/mol. The van der Waals surface area contributed by atoms with E-state index in [0.717, 1.165) is 5.56 Å². The predicted octanol–water partition coefficient (Wildman–Crippen LogP) is 4.03. The number of hydrogen-bond donors (Lipinski definition) is 1. The molecule has 156 valence electrons. The molecule has 0 unspecified atom stereocenters. The monoisotopic (exact) mass is 459 g/mol. The number of hydrazone groups is 1. The Balaban J connectivity index is 1.35. The molecule has 8 nitrogen and oxygen atoms in total. The number of nitrogens with one attached hydrogen (secondary N) is 1. The van der Waals surface area contributed by atoms with Gasteiger partial charge >= 0.3 is 5.97 Å². The lowest BCUT2D eigenvalue weighted by molar-refractivity contribution is -0.114. The summed E-state index contributed by atoms with van der Waals surface area (Å²) in [6.45, 7) is 0. The van der Waals surface area contributed by atoms with Gasteiger partial charge in [-0.2, -0.15) is 15.1 Å². The van der Waals surface area contributed by atoms with E-state index in [1.165, 1.54) is 28.1 Å². The zero-order chi connectivity index (χ0) is 22.1. The average Bonchev–Trinajstić information content (AvgIpc) is 3.49. The van der Waals surface area contributed by atoms with Gasteiger partial charge in [-0.1, -0.05) is 18.2 Å². The largest absolute Gasteiger partial charge is 0.422 e. The Labute approximate surface area is 190 Å². The zero-order valence-corrected chi connectivity index (χ0v) is 17.9. The van der Waals surface area contributed by atoms with Crippen LogP contribution < -0.4 is 4.74 Å². The van der Waals surface area contributed by atoms with E-state index in [0.29, 0.717) is 26.4 Å². The van der Waals surface area contributed by atoms with Gasteiger partial charge in [0.2, 0.25) is 5.17 Å². The van der Waals surface area contributed by atoms with Crippen LogP contribution in [0.15, 0.2) is 82.0 Å². The number of ether oxygens (including phenoxy) is 1. The molecule has 1 aromatic carbocycles. The molecule has 0 spiro atoms. The van der Waals surface area contributed by atoms with Crippen LogP contribution in [0.25, 0.3) is 6.08 Å². The SMILES string of the molecule is N=C1C(=Cc2ccc(OC(=O)c3cccs3)cc2)C(=O)N=C2SC(c3cccnc3)=NN12. The Morgan fingerprint density at radius 2 is 1.97 bits per heavy atom. The van der Waals surface area contributed by atoms with Crippen molar-refractivity contribution in [3.8, 4) is 5.75 Å². The number of benzene rings is 1. The molecule has 0 bridgehead atoms. The van der Waals surface area contributed by atoms with Crippen LogP contribution in [0.5, 0.6) is 5.75 Å². The minimum atomic E-state index is -0.510. The normalized spacial score (nSPS) is 16.6. The van der Waals surface area contributed by atoms with Gasteiger partial charge in [-0.15, -0.1) is 11.3 Å². The summed E-state index contributed by atoms with van der Waals surface area (Å²) in [6, 6.07) is 13.8. The first-order valence-corrected chi connectivity index (χ1v) is 11.0. The highest BCUT2D eigenvalue weighted by molar-refractivity contribution is 8.27. The number of aromatic nitrogens is 1. The van der Waals surface area contributed by atoms with Gasteiger partial charge in [-0.05, 0) is 59.1 Å². The highest BCUT2D eigenvalue weighted by Crippen LogP contribution is 2.30. The Morgan fingerprint density at radius 1 is 1.12 bits per heavy atom. The number of pyridine rings is 1. The molecule has 2 aliphatic rings. The van der Waals surface area contributed by atoms with Gasteiger partial charge in [-0.25, -0.2) is 4.79 Å². The first kappa shape index (κ1) is 20.0. The van der Waals surface area contributed by atoms with Crippen LogP contribution in [0.1, 0.15) is 20.8 Å². The maximum absolute atomic E-state index is 12.6. The van der Waals surface area contributed by atoms with Crippen molar-refractivity contribution in [2.24, 2.45) is 10.1 Å². The second-order valence-electron chi connectivity index (χ2n) is 6.60. The first-order valence-electron chi connectivity index (χ1n) is 9.35. The third-order valence-electron chi connectivity index (χ3n) is 4.49. The topological polar surface area (TPSA) is 108 Å². The van der Waals surface area contributed by atoms with Gasteiger partial charge in [0.15, 0.2) is 5.84 Å². The molecule has 2 aromatic heterocycles. The van der Waals surface area contributed by atoms with E-state index in [1.54, 1.807) is 66.3 Å². The number of thiophene rings is 1. The van der Waals surface area contributed by atoms with Crippen LogP contribution in [0.3, 0.4) is 0 Å². The zero-order valence-electron chi connectivity index (χ0n) is 16.3. The van der Waals surface area contributed by atoms with Gasteiger partial charge in [0.1, 0.15) is 15.7 Å². The number of hydrogen-bond acceptors (Lipinski definition) is 8. The third-order valence-corrected chi connectivity index (χ3v) is 6.29. The van der Waals surface area contributed by atoms with Crippen molar-refractivity contribution in [1.82, 2.24) is 9.99 Å². The lowest BCUT2D eigenvalue weighted by Crippen LogP contribution is -2.35. The van der Waals surface area contributed by atoms with Crippen molar-refractivity contribution in [3.63, 3.8) is 0 Å². The quantitative estimate of drug-likeness (QED) is 0.359. The number of fused-ring (bicyclic) bond motifs is 1. The number of amidine groups is 2. The molecule has 0 saturated heterocycles. The van der Waals surface area contributed by atoms with Crippen molar-refractivity contribution in [2.75, 3.05) is 0 Å². The van der Waals surface area contributed by atoms with Crippen LogP contribution in [-0.2, 0) is 4.79 Å². The minimum absolute atomic E-state index is 0.0559. The number of carbonyl (C=O) groups excluding carboxylic acids is 2. The number of thioether (sulfide) groups is 1. The summed E-state index contributed by atoms with van der Waals surface area (Å²) in [6.07, 6.45) is 4.90. The van der Waals surface area contributed by atoms with E-state index in [1.807, 2.05) is 6.07 Å². The average molecular weight is 460 g/mol. The van der Waals surface area contributed by atoms with Crippen molar-refractivity contribution in [2.45, 2.75) is 0 Å². The molecule has 1 N–H and O–H groups in total. The summed E-state index contributed by atoms with van der Waals surface area (Å²) in [5.41, 5.74) is 1.57. The van der Waals surface area contributed by atoms with Crippen molar-refractivity contribution < 1.29 is 14.3 Å². The lowest BCUT2D eigenvalue weighted by atomic mass is 10.1. The highest BCUT2D eigenvalue weighted by Gasteiger charge is 2.36. The molecule has 2 aliphatic heterocycles. The smallest absolute Gasteiger partial charge is 0.353 e. The van der Waals surface area contributed by atoms with Crippen molar-refractivity contribution >= 4 is 57.1 Å². The van der Waals surface area contributed by atoms with Crippen LogP contribution in [0, 0.1) is 5.41 Å². The summed E-state index contributed by atoms with van der Waals surface area (Å²) in [5.74, 6) is -0.604. The molecule has 0 atom stereocenters. The molecule has 0 saturated carbocycles. The van der Waals surface area contributed by atoms with Crippen molar-refractivity contribution in [3.05, 3.63) is 87.9 Å². The second-order valence-corrected chi connectivity index (χ2v) is 8.51. The molecule has 0 fully saturated rings. The highest BCUT2D eigenvalue weighted by atomic mass is 32.2. The molecule has 10 heteroatoms. The van der Waals surface area contributed by atoms with Crippen LogP contribution in [0.4, 0.5) is 0 Å². The van der Waals surface area contributed by atoms with E-state index >= 15 is 0 Å². The molecule has 4 heterocycles. The summed E-state index contributed by atoms with van der Waals surface area (Å²) >= 11 is 2.52. The molecular weight excluding hydrogens is 446 g/mol. The van der Waals surface area contributed by atoms with Crippen LogP contribution in [-0.4, -0.2) is 37.9 Å². The van der Waals surface area contributed by atoms with E-state index in [2.05, 4.69) is 15.1 Å². The fourth-order valence-corrected chi connectivity index (χ4v) is 4.43. The standard InChI is InChI=1S/C22H13N5O3S2/c23-18-16(11-13-5-7-15(8-6-13)30-21(29)17-4-2-10-31-17)19(28)25-22-27(18)26-20(32-22)14-3-1-9-24-12-14/h1-12,23H. The molecule has 3 aromatic rings. The van der Waals surface area contributed by atoms with Gasteiger partial charge < -0.3 is 4.74 Å². The number of aliphatic imine (C=N–C) groups is 1. The van der Waals surface area contributed by atoms with Gasteiger partial charge in [0, 0.05) is 18.0 Å². The maximum atomic E-state index is 12.6. The summed E-state index contributed by atoms with van der Waals surface area (Å²) in [4.78, 5) is 33.3. The van der Waals surface area contributed by atoms with Crippen molar-refractivity contribution in [1.29, 1.82) is 5.41 Å². The Bertz CT molecular complexity index is 1310. The van der Waals surface area contributed by atoms with E-state index in [4.69, 9.17) is 10.1 Å². The number of amides is 1. The molecule has 0 radical (unpaired) electrons. The number of nitrogens with zero attached hydrogens (tertiary/aromatic N) is 4. The third kappa shape index (κ3) is 3.88. The Hall–Kier alpha value is -3.89. The van der Waals surface area contributed by atoms with Gasteiger partial charge in [-0.3, -0.25) is 15.2 Å². The van der Waals surface area contributed by atoms with E-state index in [-0.39, 0.29) is 11.4 Å². The minimum Gasteiger partial charge on any atom is -0.422 e. The second kappa shape index (κ2) is 8.33. The Kier molecular flexibility index (Phi) is 5.21. The summed E-state index contributed by atoms with van der Waals surface area (Å²) in [5, 5.41) is 17.0. The maximum Gasteiger partial charge on any atom is 0.353 e. The van der Waals surface area contributed by atoms with Crippen LogP contribution >= 0.6 is 23.1 Å². The summed E-state index contributed by atoms with van der Waals surface area (Å²) < 4.78 is 5.34. The van der Waals surface area contributed by atoms with E-state index in [9.17, 15) is 9.59 Å². The van der Waals surface area contributed by atoms with Gasteiger partial charge in [0.25, 0.3) is 5.91 Å². The number of rotatable bonds is 4. The number of carbonyl (C=O) groups is 2. The lowest BCUT2D eigenvalue weighted by Gasteiger charge is -2.20. The summed E-state index contributed by atoms with van der Waals surface area (Å²) in [7, 11) is 0. The molecule has 32 heavy (non-hydrogen) atoms. The first-order chi connectivity index (χ1) is 15.6. The molecule has 5 rings (SSSR count). The fraction of sp³-hybridized carbons (Fsp3) is 0. The molecular formula is C22H13N5O3S2. The molecule has 0 aliphatic carbocycles. The Morgan fingerprint density at radius 3 is 2.69 bits per heavy atom.